The molecule has 0 aromatic heterocycles. The smallest absolute Gasteiger partial charge is 0.0398 e. The van der Waals surface area contributed by atoms with Crippen LogP contribution in [0.3, 0.4) is 0 Å². The van der Waals surface area contributed by atoms with Gasteiger partial charge in [0.05, 0.1) is 0 Å². The SMILES string of the molecule is CC[C@@H](SS[C@H](CC)c1cccc(-c2ccccc2C)c1)c1cccc(-c2ccccc2C)c1. The molecule has 0 saturated carbocycles. The van der Waals surface area contributed by atoms with Gasteiger partial charge in [-0.2, -0.15) is 0 Å². The lowest BCUT2D eigenvalue weighted by Gasteiger charge is -2.21. The third-order valence-corrected chi connectivity index (χ3v) is 9.97. The molecule has 0 amide bonds. The summed E-state index contributed by atoms with van der Waals surface area (Å²) in [4.78, 5) is 0. The number of hydrogen-bond acceptors (Lipinski definition) is 2. The molecule has 2 atom stereocenters. The summed E-state index contributed by atoms with van der Waals surface area (Å²) >= 11 is 0. The summed E-state index contributed by atoms with van der Waals surface area (Å²) in [7, 11) is 4.06. The minimum atomic E-state index is 0.475. The predicted octanol–water partition coefficient (Wildman–Crippen LogP) is 10.6. The van der Waals surface area contributed by atoms with E-state index in [1.54, 1.807) is 0 Å². The molecule has 2 heteroatoms. The van der Waals surface area contributed by atoms with Crippen molar-refractivity contribution in [1.29, 1.82) is 0 Å². The van der Waals surface area contributed by atoms with Gasteiger partial charge in [0, 0.05) is 10.5 Å². The molecule has 4 aromatic carbocycles. The summed E-state index contributed by atoms with van der Waals surface area (Å²) in [5.41, 5.74) is 10.8. The Balaban J connectivity index is 1.52. The monoisotopic (exact) mass is 482 g/mol. The maximum absolute atomic E-state index is 2.39. The summed E-state index contributed by atoms with van der Waals surface area (Å²) in [6.07, 6.45) is 2.24. The molecule has 174 valence electrons. The summed E-state index contributed by atoms with van der Waals surface area (Å²) in [6.45, 7) is 9.00. The molecular weight excluding hydrogens is 448 g/mol. The van der Waals surface area contributed by atoms with Crippen molar-refractivity contribution < 1.29 is 0 Å². The molecule has 0 saturated heterocycles. The van der Waals surface area contributed by atoms with Crippen LogP contribution in [-0.2, 0) is 0 Å². The summed E-state index contributed by atoms with van der Waals surface area (Å²) in [6, 6.07) is 35.6. The third kappa shape index (κ3) is 5.79. The molecule has 0 fully saturated rings. The molecule has 0 bridgehead atoms. The Bertz CT molecular complexity index is 1130. The van der Waals surface area contributed by atoms with Crippen LogP contribution in [0, 0.1) is 13.8 Å². The van der Waals surface area contributed by atoms with Gasteiger partial charge in [-0.15, -0.1) is 0 Å². The maximum Gasteiger partial charge on any atom is 0.0398 e. The summed E-state index contributed by atoms with van der Waals surface area (Å²) in [5, 5.41) is 0.949. The first-order valence-electron chi connectivity index (χ1n) is 12.2. The molecule has 34 heavy (non-hydrogen) atoms. The lowest BCUT2D eigenvalue weighted by molar-refractivity contribution is 0.893. The van der Waals surface area contributed by atoms with Gasteiger partial charge in [-0.1, -0.05) is 120 Å². The Kier molecular flexibility index (Phi) is 8.59. The van der Waals surface area contributed by atoms with Crippen LogP contribution in [0.25, 0.3) is 22.3 Å². The van der Waals surface area contributed by atoms with Gasteiger partial charge in [0.1, 0.15) is 0 Å². The molecule has 0 aliphatic heterocycles. The van der Waals surface area contributed by atoms with E-state index in [2.05, 4.69) is 125 Å². The summed E-state index contributed by atoms with van der Waals surface area (Å²) in [5.74, 6) is 0. The third-order valence-electron chi connectivity index (χ3n) is 6.46. The lowest BCUT2D eigenvalue weighted by atomic mass is 9.97. The van der Waals surface area contributed by atoms with E-state index in [0.717, 1.165) is 12.8 Å². The zero-order chi connectivity index (χ0) is 23.9. The van der Waals surface area contributed by atoms with Gasteiger partial charge < -0.3 is 0 Å². The minimum Gasteiger partial charge on any atom is -0.0853 e. The molecule has 4 rings (SSSR count). The Morgan fingerprint density at radius 1 is 0.529 bits per heavy atom. The van der Waals surface area contributed by atoms with Gasteiger partial charge in [0.25, 0.3) is 0 Å². The van der Waals surface area contributed by atoms with Crippen molar-refractivity contribution in [2.45, 2.75) is 51.0 Å². The second kappa shape index (κ2) is 11.8. The van der Waals surface area contributed by atoms with E-state index < -0.39 is 0 Å². The Labute approximate surface area is 213 Å². The lowest BCUT2D eigenvalue weighted by Crippen LogP contribution is -1.96. The van der Waals surface area contributed by atoms with E-state index in [-0.39, 0.29) is 0 Å². The Morgan fingerprint density at radius 3 is 1.32 bits per heavy atom. The highest BCUT2D eigenvalue weighted by molar-refractivity contribution is 8.76. The van der Waals surface area contributed by atoms with Crippen molar-refractivity contribution in [3.8, 4) is 22.3 Å². The fraction of sp³-hybridized carbons (Fsp3) is 0.250. The molecule has 0 N–H and O–H groups in total. The molecule has 0 unspecified atom stereocenters. The van der Waals surface area contributed by atoms with Crippen molar-refractivity contribution >= 4 is 21.6 Å². The van der Waals surface area contributed by atoms with E-state index in [1.165, 1.54) is 44.5 Å². The predicted molar refractivity (Wildman–Crippen MR) is 154 cm³/mol. The van der Waals surface area contributed by atoms with Gasteiger partial charge >= 0.3 is 0 Å². The molecule has 0 nitrogen and oxygen atoms in total. The van der Waals surface area contributed by atoms with Crippen molar-refractivity contribution in [3.05, 3.63) is 119 Å². The highest BCUT2D eigenvalue weighted by Gasteiger charge is 2.17. The van der Waals surface area contributed by atoms with Crippen LogP contribution < -0.4 is 0 Å². The number of rotatable bonds is 9. The van der Waals surface area contributed by atoms with Gasteiger partial charge in [0.2, 0.25) is 0 Å². The van der Waals surface area contributed by atoms with Crippen LogP contribution in [-0.4, -0.2) is 0 Å². The molecule has 4 aromatic rings. The van der Waals surface area contributed by atoms with E-state index >= 15 is 0 Å². The molecule has 0 spiro atoms. The van der Waals surface area contributed by atoms with Crippen LogP contribution in [0.2, 0.25) is 0 Å². The molecule has 0 aliphatic rings. The highest BCUT2D eigenvalue weighted by Crippen LogP contribution is 2.49. The van der Waals surface area contributed by atoms with Crippen LogP contribution in [0.5, 0.6) is 0 Å². The van der Waals surface area contributed by atoms with E-state index in [0.29, 0.717) is 10.5 Å². The van der Waals surface area contributed by atoms with Gasteiger partial charge in [-0.05, 0) is 83.3 Å². The Morgan fingerprint density at radius 2 is 0.941 bits per heavy atom. The first-order valence-corrected chi connectivity index (χ1v) is 14.5. The molecule has 0 radical (unpaired) electrons. The molecule has 0 heterocycles. The average molecular weight is 483 g/mol. The average Bonchev–Trinajstić information content (AvgIpc) is 2.87. The number of benzene rings is 4. The van der Waals surface area contributed by atoms with Gasteiger partial charge in [0.15, 0.2) is 0 Å². The zero-order valence-electron chi connectivity index (χ0n) is 20.6. The normalized spacial score (nSPS) is 12.9. The minimum absolute atomic E-state index is 0.475. The second-order valence-electron chi connectivity index (χ2n) is 8.87. The van der Waals surface area contributed by atoms with Gasteiger partial charge in [-0.25, -0.2) is 0 Å². The van der Waals surface area contributed by atoms with Crippen LogP contribution >= 0.6 is 21.6 Å². The molecular formula is C32H34S2. The zero-order valence-corrected chi connectivity index (χ0v) is 22.3. The summed E-state index contributed by atoms with van der Waals surface area (Å²) < 4.78 is 0. The fourth-order valence-corrected chi connectivity index (χ4v) is 7.80. The van der Waals surface area contributed by atoms with E-state index in [4.69, 9.17) is 0 Å². The standard InChI is InChI=1S/C32H34S2/c1-5-31(27-17-11-15-25(21-27)29-19-9-7-13-23(29)3)33-34-32(6-2)28-18-12-16-26(22-28)30-20-10-8-14-24(30)4/h7-22,31-32H,5-6H2,1-4H3/t31-,32-/m1/s1. The maximum atomic E-state index is 2.39. The quantitative estimate of drug-likeness (QED) is 0.218. The highest BCUT2D eigenvalue weighted by atomic mass is 33.1. The second-order valence-corrected chi connectivity index (χ2v) is 11.5. The first-order chi connectivity index (χ1) is 16.6. The van der Waals surface area contributed by atoms with Gasteiger partial charge in [-0.3, -0.25) is 0 Å². The van der Waals surface area contributed by atoms with Crippen molar-refractivity contribution in [2.24, 2.45) is 0 Å². The largest absolute Gasteiger partial charge is 0.0853 e. The molecule has 0 aliphatic carbocycles. The Hall–Kier alpha value is -2.42. The van der Waals surface area contributed by atoms with E-state index in [9.17, 15) is 0 Å². The fourth-order valence-electron chi connectivity index (χ4n) is 4.46. The number of aryl methyl sites for hydroxylation is 2. The van der Waals surface area contributed by atoms with Crippen LogP contribution in [0.15, 0.2) is 97.1 Å². The number of hydrogen-bond donors (Lipinski definition) is 0. The first kappa shape index (κ1) is 24.7. The van der Waals surface area contributed by atoms with Crippen molar-refractivity contribution in [1.82, 2.24) is 0 Å². The van der Waals surface area contributed by atoms with Crippen LogP contribution in [0.4, 0.5) is 0 Å². The van der Waals surface area contributed by atoms with Crippen molar-refractivity contribution in [2.75, 3.05) is 0 Å². The van der Waals surface area contributed by atoms with E-state index in [1.807, 2.05) is 21.6 Å². The van der Waals surface area contributed by atoms with Crippen molar-refractivity contribution in [3.63, 3.8) is 0 Å². The topological polar surface area (TPSA) is 0 Å². The van der Waals surface area contributed by atoms with Crippen LogP contribution in [0.1, 0.15) is 59.4 Å².